The van der Waals surface area contributed by atoms with E-state index < -0.39 is 0 Å². The van der Waals surface area contributed by atoms with Crippen LogP contribution in [0.5, 0.6) is 0 Å². The molecule has 10 atom stereocenters. The average molecular weight is 442 g/mol. The quantitative estimate of drug-likeness (QED) is 0.426. The number of aliphatic hydroxyl groups excluding tert-OH is 1. The first kappa shape index (κ1) is 23.4. The van der Waals surface area contributed by atoms with Crippen LogP contribution in [-0.2, 0) is 0 Å². The van der Waals surface area contributed by atoms with E-state index in [2.05, 4.69) is 55.0 Å². The molecule has 2 nitrogen and oxygen atoms in total. The smallest absolute Gasteiger partial charge is 0.0594 e. The van der Waals surface area contributed by atoms with Crippen molar-refractivity contribution in [2.75, 3.05) is 0 Å². The molecule has 5 fully saturated rings. The second-order valence-electron chi connectivity index (χ2n) is 14.9. The number of fused-ring (bicyclic) bond motifs is 7. The Hall–Kier alpha value is -0.340. The Labute approximate surface area is 198 Å². The Morgan fingerprint density at radius 1 is 0.812 bits per heavy atom. The number of allylic oxidation sites excluding steroid dienone is 1. The van der Waals surface area contributed by atoms with Crippen molar-refractivity contribution in [3.8, 4) is 0 Å². The summed E-state index contributed by atoms with van der Waals surface area (Å²) in [6.07, 6.45) is 12.2. The van der Waals surface area contributed by atoms with E-state index in [1.807, 2.05) is 0 Å². The Bertz CT molecular complexity index is 818. The second kappa shape index (κ2) is 6.66. The molecule has 0 heterocycles. The molecule has 5 rings (SSSR count). The summed E-state index contributed by atoms with van der Waals surface area (Å²) in [7, 11) is 0. The van der Waals surface area contributed by atoms with Crippen LogP contribution in [0.1, 0.15) is 113 Å². The van der Waals surface area contributed by atoms with Crippen LogP contribution in [0.25, 0.3) is 0 Å². The van der Waals surface area contributed by atoms with Gasteiger partial charge in [0, 0.05) is 5.54 Å². The molecule has 7 unspecified atom stereocenters. The predicted molar refractivity (Wildman–Crippen MR) is 134 cm³/mol. The fourth-order valence-electron chi connectivity index (χ4n) is 11.5. The molecule has 0 saturated heterocycles. The summed E-state index contributed by atoms with van der Waals surface area (Å²) in [4.78, 5) is 0. The van der Waals surface area contributed by atoms with Gasteiger partial charge in [0.1, 0.15) is 0 Å². The number of nitrogens with two attached hydrogens (primary N) is 1. The van der Waals surface area contributed by atoms with Gasteiger partial charge in [-0.1, -0.05) is 53.7 Å². The van der Waals surface area contributed by atoms with Crippen molar-refractivity contribution in [2.45, 2.75) is 124 Å². The first-order valence-corrected chi connectivity index (χ1v) is 13.8. The van der Waals surface area contributed by atoms with Crippen LogP contribution >= 0.6 is 0 Å². The molecule has 182 valence electrons. The van der Waals surface area contributed by atoms with Gasteiger partial charge < -0.3 is 10.8 Å². The van der Waals surface area contributed by atoms with Gasteiger partial charge in [-0.3, -0.25) is 0 Å². The van der Waals surface area contributed by atoms with Gasteiger partial charge >= 0.3 is 0 Å². The van der Waals surface area contributed by atoms with Crippen LogP contribution in [-0.4, -0.2) is 16.7 Å². The van der Waals surface area contributed by atoms with Gasteiger partial charge in [-0.05, 0) is 122 Å². The number of hydrogen-bond donors (Lipinski definition) is 2. The van der Waals surface area contributed by atoms with E-state index in [1.54, 1.807) is 0 Å². The van der Waals surface area contributed by atoms with Crippen LogP contribution in [0.4, 0.5) is 0 Å². The number of hydrogen-bond acceptors (Lipinski definition) is 2. The predicted octanol–water partition coefficient (Wildman–Crippen LogP) is 7.11. The maximum atomic E-state index is 10.9. The van der Waals surface area contributed by atoms with Crippen molar-refractivity contribution in [2.24, 2.45) is 56.5 Å². The molecule has 5 saturated carbocycles. The van der Waals surface area contributed by atoms with E-state index >= 15 is 0 Å². The third-order valence-corrected chi connectivity index (χ3v) is 13.9. The van der Waals surface area contributed by atoms with Gasteiger partial charge in [0.05, 0.1) is 6.10 Å². The van der Waals surface area contributed by atoms with Crippen LogP contribution in [0.3, 0.4) is 0 Å². The van der Waals surface area contributed by atoms with Crippen LogP contribution in [0.2, 0.25) is 0 Å². The maximum absolute atomic E-state index is 10.9. The highest BCUT2D eigenvalue weighted by atomic mass is 16.3. The van der Waals surface area contributed by atoms with E-state index in [1.165, 1.54) is 56.9 Å². The first-order chi connectivity index (χ1) is 14.7. The van der Waals surface area contributed by atoms with E-state index in [0.717, 1.165) is 24.7 Å². The summed E-state index contributed by atoms with van der Waals surface area (Å²) in [6, 6.07) is 0. The SMILES string of the molecule is C=C(C)[C@@H]1CCC2(C)CC[C@]3(C)C(CC[C@]4(N)C5(C)CCC(O)C(C)(C)C5CCC43C)C12. The molecule has 5 aliphatic carbocycles. The van der Waals surface area contributed by atoms with Crippen molar-refractivity contribution in [3.05, 3.63) is 12.2 Å². The van der Waals surface area contributed by atoms with Crippen LogP contribution in [0, 0.1) is 50.7 Å². The lowest BCUT2D eigenvalue weighted by Crippen LogP contribution is -2.78. The summed E-state index contributed by atoms with van der Waals surface area (Å²) in [6.45, 7) is 21.8. The fraction of sp³-hybridized carbons (Fsp3) is 0.933. The Morgan fingerprint density at radius 3 is 2.16 bits per heavy atom. The number of aliphatic hydroxyl groups is 1. The zero-order valence-corrected chi connectivity index (χ0v) is 22.2. The van der Waals surface area contributed by atoms with E-state index in [0.29, 0.717) is 22.7 Å². The Kier molecular flexibility index (Phi) is 4.87. The van der Waals surface area contributed by atoms with E-state index in [4.69, 9.17) is 5.73 Å². The minimum absolute atomic E-state index is 0.0416. The van der Waals surface area contributed by atoms with Gasteiger partial charge in [0.15, 0.2) is 0 Å². The van der Waals surface area contributed by atoms with Gasteiger partial charge in [0.25, 0.3) is 0 Å². The lowest BCUT2D eigenvalue weighted by molar-refractivity contribution is -0.257. The molecule has 32 heavy (non-hydrogen) atoms. The molecule has 0 bridgehead atoms. The fourth-order valence-corrected chi connectivity index (χ4v) is 11.5. The lowest BCUT2D eigenvalue weighted by atomic mass is 9.30. The molecule has 3 N–H and O–H groups in total. The summed E-state index contributed by atoms with van der Waals surface area (Å²) >= 11 is 0. The highest BCUT2D eigenvalue weighted by Crippen LogP contribution is 2.78. The molecule has 2 heteroatoms. The second-order valence-corrected chi connectivity index (χ2v) is 14.9. The maximum Gasteiger partial charge on any atom is 0.0594 e. The zero-order valence-electron chi connectivity index (χ0n) is 22.2. The number of rotatable bonds is 1. The minimum Gasteiger partial charge on any atom is -0.393 e. The summed E-state index contributed by atoms with van der Waals surface area (Å²) < 4.78 is 0. The molecular formula is C30H51NO. The van der Waals surface area contributed by atoms with Gasteiger partial charge in [-0.2, -0.15) is 0 Å². The van der Waals surface area contributed by atoms with Crippen molar-refractivity contribution < 1.29 is 5.11 Å². The van der Waals surface area contributed by atoms with Crippen LogP contribution in [0.15, 0.2) is 12.2 Å². The van der Waals surface area contributed by atoms with Crippen molar-refractivity contribution in [3.63, 3.8) is 0 Å². The Morgan fingerprint density at radius 2 is 1.50 bits per heavy atom. The molecule has 0 amide bonds. The van der Waals surface area contributed by atoms with Crippen LogP contribution < -0.4 is 5.73 Å². The van der Waals surface area contributed by atoms with Crippen molar-refractivity contribution in [1.29, 1.82) is 0 Å². The van der Waals surface area contributed by atoms with E-state index in [-0.39, 0.29) is 27.9 Å². The third-order valence-electron chi connectivity index (χ3n) is 13.9. The Balaban J connectivity index is 1.59. The van der Waals surface area contributed by atoms with Crippen molar-refractivity contribution in [1.82, 2.24) is 0 Å². The lowest BCUT2D eigenvalue weighted by Gasteiger charge is -2.76. The molecule has 0 aromatic rings. The van der Waals surface area contributed by atoms with Gasteiger partial charge in [-0.25, -0.2) is 0 Å². The van der Waals surface area contributed by atoms with Gasteiger partial charge in [-0.15, -0.1) is 0 Å². The highest BCUT2D eigenvalue weighted by Gasteiger charge is 2.75. The molecule has 0 spiro atoms. The third kappa shape index (κ3) is 2.45. The highest BCUT2D eigenvalue weighted by molar-refractivity contribution is 5.27. The van der Waals surface area contributed by atoms with E-state index in [9.17, 15) is 5.11 Å². The first-order valence-electron chi connectivity index (χ1n) is 13.8. The molecule has 5 aliphatic rings. The summed E-state index contributed by atoms with van der Waals surface area (Å²) in [5.74, 6) is 2.78. The standard InChI is InChI=1S/C30H51NO/c1-19(2)20-9-13-26(5)17-18-27(6)21(24(20)26)10-16-30(31)28(7)14-12-23(32)25(3,4)22(28)11-15-29(27,30)8/h20-24,32H,1,9-18,31H2,2-8H3/t20-,21?,22?,23?,24?,26?,27+,28?,29?,30-/m0/s1. The molecule has 0 aromatic carbocycles. The topological polar surface area (TPSA) is 46.2 Å². The van der Waals surface area contributed by atoms with Crippen molar-refractivity contribution >= 4 is 0 Å². The molecule has 0 radical (unpaired) electrons. The van der Waals surface area contributed by atoms with Gasteiger partial charge in [0.2, 0.25) is 0 Å². The summed E-state index contributed by atoms with van der Waals surface area (Å²) in [5, 5.41) is 10.9. The molecule has 0 aliphatic heterocycles. The molecule has 0 aromatic heterocycles. The monoisotopic (exact) mass is 441 g/mol. The zero-order chi connectivity index (χ0) is 23.5. The average Bonchev–Trinajstić information content (AvgIpc) is 3.06. The summed E-state index contributed by atoms with van der Waals surface area (Å²) in [5.41, 5.74) is 10.1. The minimum atomic E-state index is -0.189. The molecular weight excluding hydrogens is 390 g/mol. The normalized spacial score (nSPS) is 58.8. The largest absolute Gasteiger partial charge is 0.393 e.